The van der Waals surface area contributed by atoms with Crippen molar-refractivity contribution >= 4 is 9.28 Å². The normalized spacial score (nSPS) is 11.1. The molecule has 0 spiro atoms. The Balaban J connectivity index is 2.27. The van der Waals surface area contributed by atoms with Crippen LogP contribution in [-0.2, 0) is 15.3 Å². The predicted octanol–water partition coefficient (Wildman–Crippen LogP) is 3.22. The van der Waals surface area contributed by atoms with Gasteiger partial charge >= 0.3 is 9.28 Å². The van der Waals surface area contributed by atoms with E-state index >= 15 is 0 Å². The Morgan fingerprint density at radius 3 is 2.12 bits per heavy atom. The Morgan fingerprint density at radius 1 is 1.00 bits per heavy atom. The van der Waals surface area contributed by atoms with Crippen LogP contribution in [-0.4, -0.2) is 22.5 Å². The molecule has 0 atom stereocenters. The summed E-state index contributed by atoms with van der Waals surface area (Å²) >= 11 is 0. The van der Waals surface area contributed by atoms with Gasteiger partial charge in [-0.15, -0.1) is 0 Å². The zero-order valence-electron chi connectivity index (χ0n) is 11.2. The van der Waals surface area contributed by atoms with E-state index in [0.717, 1.165) is 25.7 Å². The molecule has 1 aromatic carbocycles. The van der Waals surface area contributed by atoms with E-state index in [1.165, 1.54) is 17.5 Å². The molecule has 0 N–H and O–H groups in total. The van der Waals surface area contributed by atoms with Crippen molar-refractivity contribution in [3.8, 4) is 0 Å². The summed E-state index contributed by atoms with van der Waals surface area (Å²) in [5.74, 6) is 0. The van der Waals surface area contributed by atoms with Gasteiger partial charge in [-0.05, 0) is 45.2 Å². The van der Waals surface area contributed by atoms with Crippen LogP contribution in [0.4, 0.5) is 0 Å². The van der Waals surface area contributed by atoms with E-state index < -0.39 is 9.28 Å². The molecule has 1 aromatic rings. The first-order chi connectivity index (χ1) is 8.26. The van der Waals surface area contributed by atoms with E-state index in [2.05, 4.69) is 31.2 Å². The van der Waals surface area contributed by atoms with Crippen LogP contribution in [0.25, 0.3) is 0 Å². The fraction of sp³-hybridized carbons (Fsp3) is 0.571. The van der Waals surface area contributed by atoms with Crippen molar-refractivity contribution in [1.82, 2.24) is 0 Å². The number of hydrogen-bond acceptors (Lipinski definition) is 2. The van der Waals surface area contributed by atoms with Crippen LogP contribution >= 0.6 is 0 Å². The first-order valence-corrected chi connectivity index (χ1v) is 8.31. The zero-order valence-corrected chi connectivity index (χ0v) is 12.4. The minimum atomic E-state index is -1.38. The predicted molar refractivity (Wildman–Crippen MR) is 74.7 cm³/mol. The van der Waals surface area contributed by atoms with E-state index in [-0.39, 0.29) is 0 Å². The third-order valence-electron chi connectivity index (χ3n) is 2.73. The molecule has 0 amide bonds. The molecule has 0 bridgehead atoms. The summed E-state index contributed by atoms with van der Waals surface area (Å²) in [6.45, 7) is 7.76. The fourth-order valence-electron chi connectivity index (χ4n) is 1.81. The minimum Gasteiger partial charge on any atom is -0.397 e. The molecular weight excluding hydrogens is 228 g/mol. The van der Waals surface area contributed by atoms with Crippen LogP contribution in [0.15, 0.2) is 24.3 Å². The van der Waals surface area contributed by atoms with Gasteiger partial charge in [-0.3, -0.25) is 0 Å². The lowest BCUT2D eigenvalue weighted by Crippen LogP contribution is -2.22. The molecule has 1 rings (SSSR count). The van der Waals surface area contributed by atoms with Gasteiger partial charge in [-0.1, -0.05) is 29.8 Å². The maximum Gasteiger partial charge on any atom is 0.321 e. The van der Waals surface area contributed by atoms with E-state index in [1.54, 1.807) is 0 Å². The zero-order chi connectivity index (χ0) is 12.5. The molecule has 0 saturated heterocycles. The van der Waals surface area contributed by atoms with Crippen molar-refractivity contribution in [2.45, 2.75) is 39.7 Å². The van der Waals surface area contributed by atoms with Crippen LogP contribution in [0.2, 0.25) is 6.04 Å². The molecule has 0 fully saturated rings. The maximum absolute atomic E-state index is 5.66. The Morgan fingerprint density at radius 2 is 1.59 bits per heavy atom. The third kappa shape index (κ3) is 6.01. The summed E-state index contributed by atoms with van der Waals surface area (Å²) in [4.78, 5) is 0. The number of rotatable bonds is 8. The number of aryl methyl sites for hydroxylation is 2. The van der Waals surface area contributed by atoms with E-state index in [0.29, 0.717) is 0 Å². The molecule has 0 aliphatic rings. The second kappa shape index (κ2) is 8.45. The highest BCUT2D eigenvalue weighted by atomic mass is 28.3. The monoisotopic (exact) mass is 252 g/mol. The Labute approximate surface area is 107 Å². The summed E-state index contributed by atoms with van der Waals surface area (Å²) in [5, 5.41) is 0. The highest BCUT2D eigenvalue weighted by Crippen LogP contribution is 2.10. The van der Waals surface area contributed by atoms with Crippen LogP contribution in [0.5, 0.6) is 0 Å². The summed E-state index contributed by atoms with van der Waals surface area (Å²) in [6.07, 6.45) is 2.30. The Hall–Kier alpha value is -0.643. The van der Waals surface area contributed by atoms with Gasteiger partial charge in [0.2, 0.25) is 0 Å². The second-order valence-electron chi connectivity index (χ2n) is 4.22. The van der Waals surface area contributed by atoms with Gasteiger partial charge in [-0.25, -0.2) is 0 Å². The first-order valence-electron chi connectivity index (χ1n) is 6.55. The molecule has 3 heteroatoms. The first kappa shape index (κ1) is 14.4. The lowest BCUT2D eigenvalue weighted by Gasteiger charge is -2.14. The summed E-state index contributed by atoms with van der Waals surface area (Å²) in [7, 11) is -1.38. The maximum atomic E-state index is 5.66. The van der Waals surface area contributed by atoms with Crippen molar-refractivity contribution < 1.29 is 8.85 Å². The number of hydrogen-bond donors (Lipinski definition) is 0. The largest absolute Gasteiger partial charge is 0.397 e. The SMILES string of the molecule is CCO[SiH](CCCc1ccc(C)cc1)OCC. The molecule has 0 aromatic heterocycles. The van der Waals surface area contributed by atoms with E-state index in [1.807, 2.05) is 13.8 Å². The Bertz CT molecular complexity index is 292. The van der Waals surface area contributed by atoms with E-state index in [9.17, 15) is 0 Å². The summed E-state index contributed by atoms with van der Waals surface area (Å²) < 4.78 is 11.3. The third-order valence-corrected chi connectivity index (χ3v) is 5.02. The Kier molecular flexibility index (Phi) is 7.16. The molecule has 0 unspecified atom stereocenters. The fourth-order valence-corrected chi connectivity index (χ4v) is 3.52. The van der Waals surface area contributed by atoms with Gasteiger partial charge in [-0.2, -0.15) is 0 Å². The molecule has 2 nitrogen and oxygen atoms in total. The average molecular weight is 252 g/mol. The van der Waals surface area contributed by atoms with Gasteiger partial charge in [0.05, 0.1) is 0 Å². The minimum absolute atomic E-state index is 0.779. The van der Waals surface area contributed by atoms with Gasteiger partial charge in [0, 0.05) is 13.2 Å². The lowest BCUT2D eigenvalue weighted by atomic mass is 10.1. The van der Waals surface area contributed by atoms with Crippen LogP contribution in [0.1, 0.15) is 31.4 Å². The van der Waals surface area contributed by atoms with Gasteiger partial charge in [0.25, 0.3) is 0 Å². The van der Waals surface area contributed by atoms with Crippen molar-refractivity contribution in [2.24, 2.45) is 0 Å². The lowest BCUT2D eigenvalue weighted by molar-refractivity contribution is 0.213. The molecule has 0 radical (unpaired) electrons. The van der Waals surface area contributed by atoms with Crippen molar-refractivity contribution in [1.29, 1.82) is 0 Å². The van der Waals surface area contributed by atoms with Crippen LogP contribution in [0.3, 0.4) is 0 Å². The van der Waals surface area contributed by atoms with Gasteiger partial charge < -0.3 is 8.85 Å². The summed E-state index contributed by atoms with van der Waals surface area (Å²) in [6, 6.07) is 9.89. The molecule has 0 saturated carbocycles. The smallest absolute Gasteiger partial charge is 0.321 e. The average Bonchev–Trinajstić information content (AvgIpc) is 2.32. The van der Waals surface area contributed by atoms with E-state index in [4.69, 9.17) is 8.85 Å². The molecular formula is C14H24O2Si. The van der Waals surface area contributed by atoms with Crippen molar-refractivity contribution in [3.05, 3.63) is 35.4 Å². The standard InChI is InChI=1S/C14H24O2Si/c1-4-15-17(16-5-2)12-6-7-14-10-8-13(3)9-11-14/h8-11,17H,4-7,12H2,1-3H3. The molecule has 0 aliphatic carbocycles. The topological polar surface area (TPSA) is 18.5 Å². The van der Waals surface area contributed by atoms with Gasteiger partial charge in [0.1, 0.15) is 0 Å². The molecule has 0 aliphatic heterocycles. The highest BCUT2D eigenvalue weighted by molar-refractivity contribution is 6.44. The van der Waals surface area contributed by atoms with Crippen molar-refractivity contribution in [3.63, 3.8) is 0 Å². The molecule has 96 valence electrons. The van der Waals surface area contributed by atoms with Crippen LogP contribution in [0, 0.1) is 6.92 Å². The summed E-state index contributed by atoms with van der Waals surface area (Å²) in [5.41, 5.74) is 2.74. The van der Waals surface area contributed by atoms with Gasteiger partial charge in [0.15, 0.2) is 0 Å². The van der Waals surface area contributed by atoms with Crippen LogP contribution < -0.4 is 0 Å². The second-order valence-corrected chi connectivity index (χ2v) is 6.32. The highest BCUT2D eigenvalue weighted by Gasteiger charge is 2.11. The number of benzene rings is 1. The molecule has 17 heavy (non-hydrogen) atoms. The quantitative estimate of drug-likeness (QED) is 0.661. The molecule has 0 heterocycles. The van der Waals surface area contributed by atoms with Crippen molar-refractivity contribution in [2.75, 3.05) is 13.2 Å².